The van der Waals surface area contributed by atoms with Crippen LogP contribution in [0.3, 0.4) is 0 Å². The van der Waals surface area contributed by atoms with Gasteiger partial charge in [-0.15, -0.1) is 5.54 Å². The highest BCUT2D eigenvalue weighted by molar-refractivity contribution is 6.83. The molecule has 0 aromatic heterocycles. The molecule has 0 unspecified atom stereocenters. The number of rotatable bonds is 1. The van der Waals surface area contributed by atoms with Gasteiger partial charge in [-0.25, -0.2) is 4.79 Å². The lowest BCUT2D eigenvalue weighted by molar-refractivity contribution is -0.00156. The van der Waals surface area contributed by atoms with Crippen molar-refractivity contribution in [1.82, 2.24) is 9.80 Å². The van der Waals surface area contributed by atoms with Crippen molar-refractivity contribution in [1.29, 1.82) is 0 Å². The molecule has 0 bridgehead atoms. The van der Waals surface area contributed by atoms with Crippen molar-refractivity contribution in [3.05, 3.63) is 46.0 Å². The van der Waals surface area contributed by atoms with Crippen LogP contribution < -0.4 is 4.74 Å². The molecule has 198 valence electrons. The predicted molar refractivity (Wildman–Crippen MR) is 151 cm³/mol. The van der Waals surface area contributed by atoms with E-state index in [-0.39, 0.29) is 17.9 Å². The minimum Gasteiger partial charge on any atom is -0.507 e. The summed E-state index contributed by atoms with van der Waals surface area (Å²) in [5, 5.41) is 11.3. The predicted octanol–water partition coefficient (Wildman–Crippen LogP) is 6.06. The Balaban J connectivity index is 1.73. The van der Waals surface area contributed by atoms with E-state index in [9.17, 15) is 9.90 Å². The third-order valence-electron chi connectivity index (χ3n) is 6.46. The molecule has 8 heteroatoms. The lowest BCUT2D eigenvalue weighted by atomic mass is 9.91. The smallest absolute Gasteiger partial charge is 0.410 e. The van der Waals surface area contributed by atoms with Crippen LogP contribution in [0, 0.1) is 18.4 Å². The summed E-state index contributed by atoms with van der Waals surface area (Å²) in [6.45, 7) is 17.3. The number of piperazine rings is 1. The molecule has 2 aliphatic rings. The fraction of sp³-hybridized carbons (Fsp3) is 0.483. The monoisotopic (exact) mass is 540 g/mol. The molecule has 0 radical (unpaired) electrons. The first-order valence-electron chi connectivity index (χ1n) is 12.8. The number of hydrogen-bond acceptors (Lipinski definition) is 5. The van der Waals surface area contributed by atoms with E-state index in [1.165, 1.54) is 0 Å². The van der Waals surface area contributed by atoms with Gasteiger partial charge in [0.05, 0.1) is 11.1 Å². The maximum Gasteiger partial charge on any atom is 0.410 e. The van der Waals surface area contributed by atoms with Crippen LogP contribution in [0.1, 0.15) is 37.5 Å². The number of ether oxygens (including phenoxy) is 2. The lowest BCUT2D eigenvalue weighted by Crippen LogP contribution is -2.56. The quantitative estimate of drug-likeness (QED) is 0.351. The molecule has 2 aromatic carbocycles. The summed E-state index contributed by atoms with van der Waals surface area (Å²) in [5.74, 6) is 4.35. The molecule has 4 rings (SSSR count). The van der Waals surface area contributed by atoms with Gasteiger partial charge in [0.1, 0.15) is 31.8 Å². The third kappa shape index (κ3) is 6.26. The van der Waals surface area contributed by atoms with E-state index in [0.717, 1.165) is 34.5 Å². The van der Waals surface area contributed by atoms with E-state index >= 15 is 0 Å². The Labute approximate surface area is 226 Å². The second kappa shape index (κ2) is 10.2. The molecule has 0 saturated carbocycles. The molecule has 37 heavy (non-hydrogen) atoms. The van der Waals surface area contributed by atoms with Crippen molar-refractivity contribution in [2.24, 2.45) is 0 Å². The largest absolute Gasteiger partial charge is 0.507 e. The highest BCUT2D eigenvalue weighted by Gasteiger charge is 2.35. The van der Waals surface area contributed by atoms with E-state index in [2.05, 4.69) is 42.1 Å². The fourth-order valence-corrected chi connectivity index (χ4v) is 5.55. The van der Waals surface area contributed by atoms with Crippen molar-refractivity contribution in [2.75, 3.05) is 26.2 Å². The molecule has 1 saturated heterocycles. The molecule has 1 amide bonds. The molecule has 2 aliphatic heterocycles. The SMILES string of the molecule is Cc1c2c(cc(C#C[Si](C)(C)C)c1-c1c(O)cccc1Cl)CN1CCN(C(=O)OC(C)(C)C)C[C@@H]1CO2. The lowest BCUT2D eigenvalue weighted by Gasteiger charge is -2.40. The van der Waals surface area contributed by atoms with Gasteiger partial charge in [0.2, 0.25) is 0 Å². The normalized spacial score (nSPS) is 18.1. The second-order valence-electron chi connectivity index (χ2n) is 11.9. The number of hydrogen-bond donors (Lipinski definition) is 1. The van der Waals surface area contributed by atoms with Gasteiger partial charge in [-0.3, -0.25) is 4.90 Å². The molecule has 1 N–H and O–H groups in total. The number of benzene rings is 2. The summed E-state index contributed by atoms with van der Waals surface area (Å²) < 4.78 is 12.0. The van der Waals surface area contributed by atoms with Crippen molar-refractivity contribution < 1.29 is 19.4 Å². The zero-order valence-electron chi connectivity index (χ0n) is 22.9. The van der Waals surface area contributed by atoms with E-state index < -0.39 is 13.7 Å². The summed E-state index contributed by atoms with van der Waals surface area (Å²) in [4.78, 5) is 16.8. The third-order valence-corrected chi connectivity index (χ3v) is 7.65. The first-order chi connectivity index (χ1) is 17.2. The van der Waals surface area contributed by atoms with Crippen LogP contribution in [0.25, 0.3) is 11.1 Å². The summed E-state index contributed by atoms with van der Waals surface area (Å²) in [6.07, 6.45) is -0.287. The number of amides is 1. The summed E-state index contributed by atoms with van der Waals surface area (Å²) in [6, 6.07) is 7.30. The Morgan fingerprint density at radius 2 is 1.95 bits per heavy atom. The number of halogens is 1. The molecule has 6 nitrogen and oxygen atoms in total. The first-order valence-corrected chi connectivity index (χ1v) is 16.6. The van der Waals surface area contributed by atoms with Gasteiger partial charge in [-0.1, -0.05) is 43.2 Å². The van der Waals surface area contributed by atoms with E-state index in [1.54, 1.807) is 23.1 Å². The zero-order chi connectivity index (χ0) is 27.1. The maximum absolute atomic E-state index is 12.7. The molecule has 2 aromatic rings. The minimum atomic E-state index is -1.67. The first kappa shape index (κ1) is 27.4. The van der Waals surface area contributed by atoms with Crippen LogP contribution in [0.15, 0.2) is 24.3 Å². The molecule has 0 spiro atoms. The topological polar surface area (TPSA) is 62.2 Å². The zero-order valence-corrected chi connectivity index (χ0v) is 24.6. The Morgan fingerprint density at radius 1 is 1.22 bits per heavy atom. The molecular formula is C29H37ClN2O4Si. The number of nitrogens with zero attached hydrogens (tertiary/aromatic N) is 2. The van der Waals surface area contributed by atoms with Crippen molar-refractivity contribution in [3.63, 3.8) is 0 Å². The minimum absolute atomic E-state index is 0.0433. The van der Waals surface area contributed by atoms with Gasteiger partial charge in [-0.2, -0.15) is 0 Å². The van der Waals surface area contributed by atoms with Crippen molar-refractivity contribution >= 4 is 25.8 Å². The molecular weight excluding hydrogens is 504 g/mol. The highest BCUT2D eigenvalue weighted by atomic mass is 35.5. The van der Waals surface area contributed by atoms with E-state index in [0.29, 0.717) is 36.8 Å². The van der Waals surface area contributed by atoms with Gasteiger partial charge in [0, 0.05) is 54.0 Å². The number of carbonyl (C=O) groups excluding carboxylic acids is 1. The second-order valence-corrected chi connectivity index (χ2v) is 17.1. The van der Waals surface area contributed by atoms with E-state index in [4.69, 9.17) is 21.1 Å². The highest BCUT2D eigenvalue weighted by Crippen LogP contribution is 2.44. The molecule has 1 atom stereocenters. The Kier molecular flexibility index (Phi) is 7.58. The van der Waals surface area contributed by atoms with Gasteiger partial charge >= 0.3 is 6.09 Å². The Bertz CT molecular complexity index is 1250. The number of phenolic OH excluding ortho intramolecular Hbond substituents is 1. The molecule has 0 aliphatic carbocycles. The summed E-state index contributed by atoms with van der Waals surface area (Å²) in [7, 11) is -1.67. The number of aromatic hydroxyl groups is 1. The fourth-order valence-electron chi connectivity index (χ4n) is 4.77. The Morgan fingerprint density at radius 3 is 2.59 bits per heavy atom. The maximum atomic E-state index is 12.7. The van der Waals surface area contributed by atoms with Crippen LogP contribution >= 0.6 is 11.6 Å². The standard InChI is InChI=1S/C29H37ClN2O4Si/c1-19-25(26-23(30)9-8-10-24(26)33)20(11-14-37(5,6)7)15-21-16-31-12-13-32(28(34)36-29(2,3)4)17-22(31)18-35-27(19)21/h8-10,15,22,33H,12-13,16-18H2,1-7H3/t22-/m1/s1. The van der Waals surface area contributed by atoms with Gasteiger partial charge in [0.25, 0.3) is 0 Å². The van der Waals surface area contributed by atoms with Crippen LogP contribution in [-0.4, -0.2) is 67.0 Å². The van der Waals surface area contributed by atoms with Gasteiger partial charge in [0.15, 0.2) is 0 Å². The van der Waals surface area contributed by atoms with Crippen molar-refractivity contribution in [3.8, 4) is 34.1 Å². The Hall–Kier alpha value is -2.66. The van der Waals surface area contributed by atoms with Crippen LogP contribution in [-0.2, 0) is 11.3 Å². The molecule has 2 heterocycles. The van der Waals surface area contributed by atoms with Crippen LogP contribution in [0.5, 0.6) is 11.5 Å². The van der Waals surface area contributed by atoms with Gasteiger partial charge in [-0.05, 0) is 45.9 Å². The summed E-state index contributed by atoms with van der Waals surface area (Å²) >= 11 is 6.61. The van der Waals surface area contributed by atoms with Crippen LogP contribution in [0.2, 0.25) is 24.7 Å². The average Bonchev–Trinajstić information content (AvgIpc) is 2.96. The van der Waals surface area contributed by atoms with E-state index in [1.807, 2.05) is 27.7 Å². The molecule has 1 fully saturated rings. The van der Waals surface area contributed by atoms with Gasteiger partial charge < -0.3 is 19.5 Å². The number of fused-ring (bicyclic) bond motifs is 2. The summed E-state index contributed by atoms with van der Waals surface area (Å²) in [5.41, 5.74) is 7.14. The van der Waals surface area contributed by atoms with Crippen LogP contribution in [0.4, 0.5) is 4.79 Å². The number of carbonyl (C=O) groups is 1. The van der Waals surface area contributed by atoms with Crippen molar-refractivity contribution in [2.45, 2.75) is 65.5 Å². The average molecular weight is 541 g/mol. The number of phenols is 1.